The van der Waals surface area contributed by atoms with Crippen LogP contribution in [-0.2, 0) is 22.9 Å². The number of hydrogen-bond donors (Lipinski definition) is 5. The van der Waals surface area contributed by atoms with Gasteiger partial charge >= 0.3 is 15.6 Å². The van der Waals surface area contributed by atoms with E-state index in [1.54, 1.807) is 0 Å². The monoisotopic (exact) mass is 310 g/mol. The van der Waals surface area contributed by atoms with Crippen molar-refractivity contribution in [1.29, 1.82) is 0 Å². The fraction of sp³-hybridized carbons (Fsp3) is 1.00. The molecule has 0 bridgehead atoms. The van der Waals surface area contributed by atoms with Crippen molar-refractivity contribution in [1.82, 2.24) is 0 Å². The quantitative estimate of drug-likeness (QED) is 0.245. The second-order valence-electron chi connectivity index (χ2n) is 3.24. The molecule has 12 heteroatoms. The summed E-state index contributed by atoms with van der Waals surface area (Å²) in [5.74, 6) is -0.795. The maximum Gasteiger partial charge on any atom is 0.469 e. The minimum Gasteiger partial charge on any atom is -0.394 e. The van der Waals surface area contributed by atoms with Gasteiger partial charge in [-0.05, 0) is 0 Å². The van der Waals surface area contributed by atoms with Gasteiger partial charge in [0.25, 0.3) is 0 Å². The number of rotatable bonds is 10. The van der Waals surface area contributed by atoms with E-state index in [4.69, 9.17) is 29.4 Å². The van der Waals surface area contributed by atoms with Crippen LogP contribution in [0.15, 0.2) is 0 Å². The fourth-order valence-corrected chi connectivity index (χ4v) is 1.67. The van der Waals surface area contributed by atoms with Crippen molar-refractivity contribution in [3.63, 3.8) is 0 Å². The average molecular weight is 310 g/mol. The number of phosphoric ester groups is 2. The molecule has 0 rings (SSSR count). The predicted molar refractivity (Wildman–Crippen MR) is 57.4 cm³/mol. The Kier molecular flexibility index (Phi) is 8.40. The third-order valence-electron chi connectivity index (χ3n) is 1.55. The number of aliphatic hydroxyl groups excluding tert-OH is 1. The maximum absolute atomic E-state index is 10.5. The van der Waals surface area contributed by atoms with Crippen LogP contribution < -0.4 is 0 Å². The Bertz CT molecular complexity index is 281. The van der Waals surface area contributed by atoms with Crippen molar-refractivity contribution in [3.05, 3.63) is 0 Å². The molecule has 0 saturated heterocycles. The molecule has 110 valence electrons. The number of phosphoric acid groups is 2. The van der Waals surface area contributed by atoms with E-state index >= 15 is 0 Å². The minimum absolute atomic E-state index is 0.0255. The minimum atomic E-state index is -4.68. The van der Waals surface area contributed by atoms with Gasteiger partial charge in [-0.2, -0.15) is 0 Å². The zero-order chi connectivity index (χ0) is 14.2. The summed E-state index contributed by atoms with van der Waals surface area (Å²) in [5, 5.41) is 8.46. The number of hydrogen-bond acceptors (Lipinski definition) is 6. The van der Waals surface area contributed by atoms with Crippen molar-refractivity contribution in [2.75, 3.05) is 33.0 Å². The molecule has 5 N–H and O–H groups in total. The molecule has 0 unspecified atom stereocenters. The smallest absolute Gasteiger partial charge is 0.394 e. The molecular formula is C6H16O10P2. The highest BCUT2D eigenvalue weighted by Crippen LogP contribution is 2.38. The molecule has 0 aliphatic rings. The maximum atomic E-state index is 10.5. The first kappa shape index (κ1) is 18.1. The summed E-state index contributed by atoms with van der Waals surface area (Å²) in [6, 6.07) is 0. The van der Waals surface area contributed by atoms with E-state index in [1.807, 2.05) is 0 Å². The molecule has 0 aromatic carbocycles. The van der Waals surface area contributed by atoms with Crippen LogP contribution in [0.4, 0.5) is 0 Å². The SMILES string of the molecule is O=P(O)(O)OCC(COCCO)COP(=O)(O)O. The third-order valence-corrected chi connectivity index (χ3v) is 2.52. The van der Waals surface area contributed by atoms with Gasteiger partial charge in [0.15, 0.2) is 0 Å². The van der Waals surface area contributed by atoms with E-state index < -0.39 is 34.8 Å². The molecule has 0 atom stereocenters. The zero-order valence-electron chi connectivity index (χ0n) is 9.28. The lowest BCUT2D eigenvalue weighted by atomic mass is 10.2. The van der Waals surface area contributed by atoms with Crippen LogP contribution in [0.5, 0.6) is 0 Å². The van der Waals surface area contributed by atoms with E-state index in [0.29, 0.717) is 0 Å². The summed E-state index contributed by atoms with van der Waals surface area (Å²) in [7, 11) is -9.36. The Balaban J connectivity index is 4.15. The topological polar surface area (TPSA) is 163 Å². The van der Waals surface area contributed by atoms with E-state index in [0.717, 1.165) is 0 Å². The summed E-state index contributed by atoms with van der Waals surface area (Å²) < 4.78 is 34.1. The molecule has 0 heterocycles. The van der Waals surface area contributed by atoms with E-state index in [9.17, 15) is 9.13 Å². The average Bonchev–Trinajstić information content (AvgIpc) is 2.19. The van der Waals surface area contributed by atoms with Crippen molar-refractivity contribution < 1.29 is 47.6 Å². The van der Waals surface area contributed by atoms with Crippen LogP contribution in [0.25, 0.3) is 0 Å². The summed E-state index contributed by atoms with van der Waals surface area (Å²) in [4.78, 5) is 33.9. The summed E-state index contributed by atoms with van der Waals surface area (Å²) in [6.45, 7) is -1.43. The summed E-state index contributed by atoms with van der Waals surface area (Å²) in [6.07, 6.45) is 0. The largest absolute Gasteiger partial charge is 0.469 e. The Morgan fingerprint density at radius 1 is 0.889 bits per heavy atom. The first-order chi connectivity index (χ1) is 8.14. The molecule has 0 amide bonds. The Labute approximate surface area is 103 Å². The van der Waals surface area contributed by atoms with Gasteiger partial charge in [0.2, 0.25) is 0 Å². The fourth-order valence-electron chi connectivity index (χ4n) is 0.864. The molecule has 0 aromatic heterocycles. The first-order valence-corrected chi connectivity index (χ1v) is 7.79. The number of aliphatic hydroxyl groups is 1. The van der Waals surface area contributed by atoms with Crippen LogP contribution in [0.3, 0.4) is 0 Å². The lowest BCUT2D eigenvalue weighted by molar-refractivity contribution is 0.0276. The van der Waals surface area contributed by atoms with Crippen molar-refractivity contribution >= 4 is 15.6 Å². The normalized spacial score (nSPS) is 13.2. The summed E-state index contributed by atoms with van der Waals surface area (Å²) in [5.41, 5.74) is 0. The number of ether oxygens (including phenoxy) is 1. The zero-order valence-corrected chi connectivity index (χ0v) is 11.1. The van der Waals surface area contributed by atoms with E-state index in [2.05, 4.69) is 9.05 Å². The molecular weight excluding hydrogens is 294 g/mol. The summed E-state index contributed by atoms with van der Waals surface area (Å²) >= 11 is 0. The van der Waals surface area contributed by atoms with Crippen molar-refractivity contribution in [3.8, 4) is 0 Å². The highest BCUT2D eigenvalue weighted by Gasteiger charge is 2.22. The van der Waals surface area contributed by atoms with Gasteiger partial charge in [-0.25, -0.2) is 9.13 Å². The molecule has 0 radical (unpaired) electrons. The third kappa shape index (κ3) is 12.6. The molecule has 0 aliphatic carbocycles. The molecule has 0 spiro atoms. The van der Waals surface area contributed by atoms with Gasteiger partial charge in [0.1, 0.15) is 0 Å². The Morgan fingerprint density at radius 2 is 1.33 bits per heavy atom. The molecule has 0 aliphatic heterocycles. The van der Waals surface area contributed by atoms with Gasteiger partial charge in [0, 0.05) is 5.92 Å². The molecule has 0 saturated carbocycles. The van der Waals surface area contributed by atoms with Gasteiger partial charge in [0.05, 0.1) is 33.0 Å². The first-order valence-electron chi connectivity index (χ1n) is 4.73. The molecule has 18 heavy (non-hydrogen) atoms. The van der Waals surface area contributed by atoms with Crippen LogP contribution in [0.1, 0.15) is 0 Å². The molecule has 10 nitrogen and oxygen atoms in total. The van der Waals surface area contributed by atoms with Gasteiger partial charge in [-0.1, -0.05) is 0 Å². The van der Waals surface area contributed by atoms with Crippen LogP contribution >= 0.6 is 15.6 Å². The van der Waals surface area contributed by atoms with Crippen LogP contribution in [0.2, 0.25) is 0 Å². The predicted octanol–water partition coefficient (Wildman–Crippen LogP) is -1.17. The van der Waals surface area contributed by atoms with E-state index in [-0.39, 0.29) is 19.8 Å². The lowest BCUT2D eigenvalue weighted by Crippen LogP contribution is -2.21. The second-order valence-corrected chi connectivity index (χ2v) is 5.72. The van der Waals surface area contributed by atoms with Crippen molar-refractivity contribution in [2.24, 2.45) is 5.92 Å². The van der Waals surface area contributed by atoms with Crippen LogP contribution in [-0.4, -0.2) is 57.7 Å². The highest BCUT2D eigenvalue weighted by atomic mass is 31.2. The van der Waals surface area contributed by atoms with Gasteiger partial charge in [-0.3, -0.25) is 9.05 Å². The standard InChI is InChI=1S/C6H16O10P2/c7-1-2-14-3-6(4-15-17(8,9)10)5-16-18(11,12)13/h6-7H,1-5H2,(H2,8,9,10)(H2,11,12,13). The van der Waals surface area contributed by atoms with Gasteiger partial charge in [-0.15, -0.1) is 0 Å². The lowest BCUT2D eigenvalue weighted by Gasteiger charge is -2.17. The molecule has 0 aromatic rings. The Hall–Kier alpha value is 0.140. The molecule has 0 fully saturated rings. The van der Waals surface area contributed by atoms with Crippen LogP contribution in [0, 0.1) is 5.92 Å². The second kappa shape index (κ2) is 8.34. The van der Waals surface area contributed by atoms with Gasteiger partial charge < -0.3 is 29.4 Å². The van der Waals surface area contributed by atoms with Crippen molar-refractivity contribution in [2.45, 2.75) is 0 Å². The Morgan fingerprint density at radius 3 is 1.67 bits per heavy atom. The highest BCUT2D eigenvalue weighted by molar-refractivity contribution is 7.46. The van der Waals surface area contributed by atoms with E-state index in [1.165, 1.54) is 0 Å².